The number of carboxylic acid groups (broad SMARTS) is 1. The minimum Gasteiger partial charge on any atom is -0.481 e. The highest BCUT2D eigenvalue weighted by Gasteiger charge is 2.53. The lowest BCUT2D eigenvalue weighted by Gasteiger charge is -2.43. The molecule has 0 aromatic heterocycles. The van der Waals surface area contributed by atoms with Gasteiger partial charge in [-0.2, -0.15) is 0 Å². The van der Waals surface area contributed by atoms with Crippen LogP contribution in [0.1, 0.15) is 23.7 Å². The summed E-state index contributed by atoms with van der Waals surface area (Å²) in [5, 5.41) is 8.79. The standard InChI is InChI=1S/C14H13NO5/c1-8(16)15-12(10(14(15)20)7-11(17)18)13(19)9-5-3-2-4-6-9/h2-6,10,12H,7H2,1H3,(H,17,18)/t10-,12-/m0/s1. The number of nitrogens with zero attached hydrogens (tertiary/aromatic N) is 1. The highest BCUT2D eigenvalue weighted by Crippen LogP contribution is 2.32. The summed E-state index contributed by atoms with van der Waals surface area (Å²) in [7, 11) is 0. The van der Waals surface area contributed by atoms with Crippen LogP contribution in [0, 0.1) is 5.92 Å². The van der Waals surface area contributed by atoms with Gasteiger partial charge >= 0.3 is 5.97 Å². The number of likely N-dealkylation sites (tertiary alicyclic amines) is 1. The molecule has 2 rings (SSSR count). The molecule has 0 bridgehead atoms. The first-order chi connectivity index (χ1) is 9.43. The summed E-state index contributed by atoms with van der Waals surface area (Å²) < 4.78 is 0. The van der Waals surface area contributed by atoms with Crippen molar-refractivity contribution >= 4 is 23.6 Å². The molecular formula is C14H13NO5. The van der Waals surface area contributed by atoms with Crippen molar-refractivity contribution < 1.29 is 24.3 Å². The van der Waals surface area contributed by atoms with E-state index in [0.29, 0.717) is 5.56 Å². The van der Waals surface area contributed by atoms with Crippen molar-refractivity contribution in [3.8, 4) is 0 Å². The van der Waals surface area contributed by atoms with E-state index in [-0.39, 0.29) is 0 Å². The molecule has 1 N–H and O–H groups in total. The first-order valence-electron chi connectivity index (χ1n) is 6.08. The highest BCUT2D eigenvalue weighted by atomic mass is 16.4. The zero-order chi connectivity index (χ0) is 14.9. The van der Waals surface area contributed by atoms with Crippen molar-refractivity contribution in [3.63, 3.8) is 0 Å². The minimum atomic E-state index is -1.17. The van der Waals surface area contributed by atoms with Crippen LogP contribution in [-0.2, 0) is 14.4 Å². The number of rotatable bonds is 4. The average Bonchev–Trinajstić information content (AvgIpc) is 2.41. The van der Waals surface area contributed by atoms with E-state index in [2.05, 4.69) is 0 Å². The summed E-state index contributed by atoms with van der Waals surface area (Å²) in [5.74, 6) is -3.70. The predicted molar refractivity (Wildman–Crippen MR) is 67.8 cm³/mol. The SMILES string of the molecule is CC(=O)N1C(=O)[C@@H](CC(=O)O)[C@H]1C(=O)c1ccccc1. The smallest absolute Gasteiger partial charge is 0.304 e. The van der Waals surface area contributed by atoms with Gasteiger partial charge in [0.2, 0.25) is 11.8 Å². The van der Waals surface area contributed by atoms with Gasteiger partial charge in [-0.25, -0.2) is 0 Å². The maximum atomic E-state index is 12.3. The van der Waals surface area contributed by atoms with E-state index in [4.69, 9.17) is 5.11 Å². The van der Waals surface area contributed by atoms with Gasteiger partial charge in [-0.3, -0.25) is 24.1 Å². The van der Waals surface area contributed by atoms with E-state index >= 15 is 0 Å². The summed E-state index contributed by atoms with van der Waals surface area (Å²) in [6.07, 6.45) is -0.453. The monoisotopic (exact) mass is 275 g/mol. The number of aliphatic carboxylic acids is 1. The first-order valence-corrected chi connectivity index (χ1v) is 6.08. The fourth-order valence-electron chi connectivity index (χ4n) is 2.36. The Balaban J connectivity index is 2.29. The van der Waals surface area contributed by atoms with Crippen molar-refractivity contribution in [3.05, 3.63) is 35.9 Å². The van der Waals surface area contributed by atoms with Crippen LogP contribution in [0.15, 0.2) is 30.3 Å². The van der Waals surface area contributed by atoms with E-state index < -0.39 is 41.9 Å². The second-order valence-corrected chi connectivity index (χ2v) is 4.61. The summed E-state index contributed by atoms with van der Waals surface area (Å²) in [5.41, 5.74) is 0.353. The van der Waals surface area contributed by atoms with E-state index in [0.717, 1.165) is 4.90 Å². The molecule has 0 aliphatic carbocycles. The van der Waals surface area contributed by atoms with Gasteiger partial charge in [0.05, 0.1) is 12.3 Å². The molecule has 0 spiro atoms. The number of ketones is 1. The van der Waals surface area contributed by atoms with Gasteiger partial charge in [-0.1, -0.05) is 30.3 Å². The van der Waals surface area contributed by atoms with Crippen molar-refractivity contribution in [1.29, 1.82) is 0 Å². The van der Waals surface area contributed by atoms with Gasteiger partial charge in [0.1, 0.15) is 6.04 Å². The van der Waals surface area contributed by atoms with Gasteiger partial charge < -0.3 is 5.11 Å². The van der Waals surface area contributed by atoms with Crippen LogP contribution in [0.25, 0.3) is 0 Å². The third kappa shape index (κ3) is 2.32. The molecule has 2 amide bonds. The summed E-state index contributed by atoms with van der Waals surface area (Å²) in [4.78, 5) is 47.1. The molecule has 1 aromatic carbocycles. The van der Waals surface area contributed by atoms with Crippen LogP contribution in [0.2, 0.25) is 0 Å². The molecule has 6 nitrogen and oxygen atoms in total. The Morgan fingerprint density at radius 1 is 1.20 bits per heavy atom. The third-order valence-corrected chi connectivity index (χ3v) is 3.27. The Morgan fingerprint density at radius 3 is 2.30 bits per heavy atom. The molecule has 1 fully saturated rings. The molecule has 2 atom stereocenters. The van der Waals surface area contributed by atoms with Crippen LogP contribution in [-0.4, -0.2) is 39.6 Å². The van der Waals surface area contributed by atoms with Gasteiger partial charge in [-0.05, 0) is 0 Å². The number of imide groups is 1. The molecule has 1 aliphatic heterocycles. The summed E-state index contributed by atoms with van der Waals surface area (Å²) in [6, 6.07) is 7.19. The molecule has 0 unspecified atom stereocenters. The predicted octanol–water partition coefficient (Wildman–Crippen LogP) is 0.717. The molecule has 104 valence electrons. The van der Waals surface area contributed by atoms with Crippen LogP contribution >= 0.6 is 0 Å². The van der Waals surface area contributed by atoms with E-state index in [1.165, 1.54) is 6.92 Å². The van der Waals surface area contributed by atoms with Gasteiger partial charge in [0.25, 0.3) is 0 Å². The van der Waals surface area contributed by atoms with E-state index in [1.807, 2.05) is 0 Å². The van der Waals surface area contributed by atoms with Crippen LogP contribution < -0.4 is 0 Å². The lowest BCUT2D eigenvalue weighted by molar-refractivity contribution is -0.166. The molecule has 1 saturated heterocycles. The Labute approximate surface area is 115 Å². The quantitative estimate of drug-likeness (QED) is 0.645. The van der Waals surface area contributed by atoms with Crippen molar-refractivity contribution in [2.24, 2.45) is 5.92 Å². The van der Waals surface area contributed by atoms with Crippen LogP contribution in [0.5, 0.6) is 0 Å². The largest absolute Gasteiger partial charge is 0.481 e. The fraction of sp³-hybridized carbons (Fsp3) is 0.286. The minimum absolute atomic E-state index is 0.353. The number of benzene rings is 1. The molecule has 0 saturated carbocycles. The zero-order valence-electron chi connectivity index (χ0n) is 10.8. The molecule has 6 heteroatoms. The molecular weight excluding hydrogens is 262 g/mol. The third-order valence-electron chi connectivity index (χ3n) is 3.27. The summed E-state index contributed by atoms with van der Waals surface area (Å²) in [6.45, 7) is 1.18. The van der Waals surface area contributed by atoms with Gasteiger partial charge in [-0.15, -0.1) is 0 Å². The Hall–Kier alpha value is -2.50. The number of carbonyl (C=O) groups is 4. The van der Waals surface area contributed by atoms with E-state index in [1.54, 1.807) is 30.3 Å². The molecule has 0 radical (unpaired) electrons. The fourth-order valence-corrected chi connectivity index (χ4v) is 2.36. The van der Waals surface area contributed by atoms with Crippen LogP contribution in [0.3, 0.4) is 0 Å². The number of carbonyl (C=O) groups excluding carboxylic acids is 3. The normalized spacial score (nSPS) is 21.2. The van der Waals surface area contributed by atoms with E-state index in [9.17, 15) is 19.2 Å². The van der Waals surface area contributed by atoms with Gasteiger partial charge in [0.15, 0.2) is 5.78 Å². The van der Waals surface area contributed by atoms with Crippen molar-refractivity contribution in [2.75, 3.05) is 0 Å². The Bertz CT molecular complexity index is 580. The zero-order valence-corrected chi connectivity index (χ0v) is 10.8. The molecule has 1 aromatic rings. The van der Waals surface area contributed by atoms with Crippen molar-refractivity contribution in [2.45, 2.75) is 19.4 Å². The number of hydrogen-bond acceptors (Lipinski definition) is 4. The number of β-lactam (4-membered cyclic amide) rings is 1. The first kappa shape index (κ1) is 13.9. The maximum Gasteiger partial charge on any atom is 0.304 e. The number of carboxylic acids is 1. The molecule has 20 heavy (non-hydrogen) atoms. The molecule has 1 heterocycles. The number of Topliss-reactive ketones (excluding diaryl/α,β-unsaturated/α-hetero) is 1. The molecule has 1 aliphatic rings. The second kappa shape index (κ2) is 5.24. The number of hydrogen-bond donors (Lipinski definition) is 1. The second-order valence-electron chi connectivity index (χ2n) is 4.61. The van der Waals surface area contributed by atoms with Gasteiger partial charge in [0, 0.05) is 12.5 Å². The van der Waals surface area contributed by atoms with Crippen molar-refractivity contribution in [1.82, 2.24) is 4.90 Å². The van der Waals surface area contributed by atoms with Crippen LogP contribution in [0.4, 0.5) is 0 Å². The Morgan fingerprint density at radius 2 is 1.80 bits per heavy atom. The lowest BCUT2D eigenvalue weighted by atomic mass is 9.80. The lowest BCUT2D eigenvalue weighted by Crippen LogP contribution is -2.66. The Kier molecular flexibility index (Phi) is 3.65. The number of amides is 2. The maximum absolute atomic E-state index is 12.3. The summed E-state index contributed by atoms with van der Waals surface area (Å²) >= 11 is 0. The topological polar surface area (TPSA) is 91.8 Å². The average molecular weight is 275 g/mol. The highest BCUT2D eigenvalue weighted by molar-refractivity contribution is 6.14.